The van der Waals surface area contributed by atoms with Crippen molar-refractivity contribution in [2.45, 2.75) is 19.9 Å². The third-order valence-electron chi connectivity index (χ3n) is 2.73. The molecule has 0 aliphatic heterocycles. The predicted molar refractivity (Wildman–Crippen MR) is 75.1 cm³/mol. The second-order valence-electron chi connectivity index (χ2n) is 4.27. The van der Waals surface area contributed by atoms with Gasteiger partial charge in [-0.1, -0.05) is 6.92 Å². The van der Waals surface area contributed by atoms with Gasteiger partial charge in [0.15, 0.2) is 0 Å². The average molecular weight is 258 g/mol. The fourth-order valence-corrected chi connectivity index (χ4v) is 1.69. The van der Waals surface area contributed by atoms with Gasteiger partial charge in [-0.15, -0.1) is 0 Å². The van der Waals surface area contributed by atoms with Crippen molar-refractivity contribution >= 4 is 11.6 Å². The van der Waals surface area contributed by atoms with Crippen molar-refractivity contribution in [1.29, 1.82) is 0 Å². The standard InChI is InChI=1S/C15H18N2O2/c1-2-9-16-13-7-5-12(6-8-13)15(18)17-11-14-4-3-10-19-14/h3-8,10,16H,2,9,11H2,1H3,(H,17,18). The quantitative estimate of drug-likeness (QED) is 0.837. The number of hydrogen-bond acceptors (Lipinski definition) is 3. The zero-order chi connectivity index (χ0) is 13.5. The van der Waals surface area contributed by atoms with Crippen LogP contribution in [0.5, 0.6) is 0 Å². The zero-order valence-corrected chi connectivity index (χ0v) is 11.0. The molecule has 0 aliphatic carbocycles. The summed E-state index contributed by atoms with van der Waals surface area (Å²) >= 11 is 0. The highest BCUT2D eigenvalue weighted by molar-refractivity contribution is 5.94. The number of anilines is 1. The highest BCUT2D eigenvalue weighted by atomic mass is 16.3. The van der Waals surface area contributed by atoms with Crippen molar-refractivity contribution in [1.82, 2.24) is 5.32 Å². The van der Waals surface area contributed by atoms with E-state index < -0.39 is 0 Å². The molecule has 0 saturated heterocycles. The number of hydrogen-bond donors (Lipinski definition) is 2. The molecule has 0 unspecified atom stereocenters. The maximum absolute atomic E-state index is 11.9. The Hall–Kier alpha value is -2.23. The third-order valence-corrected chi connectivity index (χ3v) is 2.73. The number of carbonyl (C=O) groups excluding carboxylic acids is 1. The summed E-state index contributed by atoms with van der Waals surface area (Å²) in [5.74, 6) is 0.646. The molecule has 0 fully saturated rings. The van der Waals surface area contributed by atoms with Gasteiger partial charge in [0.1, 0.15) is 5.76 Å². The van der Waals surface area contributed by atoms with Gasteiger partial charge in [0.05, 0.1) is 12.8 Å². The Morgan fingerprint density at radius 1 is 1.21 bits per heavy atom. The van der Waals surface area contributed by atoms with Crippen molar-refractivity contribution in [3.63, 3.8) is 0 Å². The minimum atomic E-state index is -0.0987. The first-order chi connectivity index (χ1) is 9.29. The molecular weight excluding hydrogens is 240 g/mol. The van der Waals surface area contributed by atoms with Gasteiger partial charge in [-0.3, -0.25) is 4.79 Å². The van der Waals surface area contributed by atoms with Crippen molar-refractivity contribution in [3.05, 3.63) is 54.0 Å². The summed E-state index contributed by atoms with van der Waals surface area (Å²) in [5.41, 5.74) is 1.68. The molecule has 0 bridgehead atoms. The van der Waals surface area contributed by atoms with E-state index >= 15 is 0 Å². The lowest BCUT2D eigenvalue weighted by molar-refractivity contribution is 0.0948. The summed E-state index contributed by atoms with van der Waals surface area (Å²) in [6.45, 7) is 3.45. The lowest BCUT2D eigenvalue weighted by Gasteiger charge is -2.06. The van der Waals surface area contributed by atoms with Gasteiger partial charge >= 0.3 is 0 Å². The summed E-state index contributed by atoms with van der Waals surface area (Å²) in [5, 5.41) is 6.08. The number of rotatable bonds is 6. The molecular formula is C15H18N2O2. The first kappa shape index (κ1) is 13.2. The molecule has 4 nitrogen and oxygen atoms in total. The fraction of sp³-hybridized carbons (Fsp3) is 0.267. The van der Waals surface area contributed by atoms with Gasteiger partial charge in [0, 0.05) is 17.8 Å². The molecule has 2 aromatic rings. The third kappa shape index (κ3) is 3.88. The van der Waals surface area contributed by atoms with Crippen LogP contribution in [0.15, 0.2) is 47.1 Å². The number of amides is 1. The van der Waals surface area contributed by atoms with E-state index in [0.29, 0.717) is 12.1 Å². The smallest absolute Gasteiger partial charge is 0.251 e. The van der Waals surface area contributed by atoms with Gasteiger partial charge in [0.2, 0.25) is 0 Å². The van der Waals surface area contributed by atoms with Crippen LogP contribution in [-0.4, -0.2) is 12.5 Å². The van der Waals surface area contributed by atoms with Crippen molar-refractivity contribution in [2.24, 2.45) is 0 Å². The maximum atomic E-state index is 11.9. The fourth-order valence-electron chi connectivity index (χ4n) is 1.69. The van der Waals surface area contributed by atoms with Crippen LogP contribution in [0.2, 0.25) is 0 Å². The summed E-state index contributed by atoms with van der Waals surface area (Å²) in [4.78, 5) is 11.9. The molecule has 4 heteroatoms. The van der Waals surface area contributed by atoms with Gasteiger partial charge < -0.3 is 15.1 Å². The highest BCUT2D eigenvalue weighted by Crippen LogP contribution is 2.09. The Morgan fingerprint density at radius 2 is 2.00 bits per heavy atom. The molecule has 2 rings (SSSR count). The van der Waals surface area contributed by atoms with E-state index in [1.54, 1.807) is 12.3 Å². The molecule has 1 aromatic heterocycles. The average Bonchev–Trinajstić information content (AvgIpc) is 2.96. The monoisotopic (exact) mass is 258 g/mol. The number of carbonyl (C=O) groups is 1. The molecule has 19 heavy (non-hydrogen) atoms. The minimum absolute atomic E-state index is 0.0987. The summed E-state index contributed by atoms with van der Waals surface area (Å²) in [6, 6.07) is 11.1. The SMILES string of the molecule is CCCNc1ccc(C(=O)NCc2ccco2)cc1. The molecule has 0 atom stereocenters. The van der Waals surface area contributed by atoms with E-state index in [-0.39, 0.29) is 5.91 Å². The van der Waals surface area contributed by atoms with E-state index in [0.717, 1.165) is 24.4 Å². The van der Waals surface area contributed by atoms with E-state index in [1.807, 2.05) is 30.3 Å². The molecule has 1 amide bonds. The number of nitrogens with one attached hydrogen (secondary N) is 2. The molecule has 0 spiro atoms. The van der Waals surface area contributed by atoms with Gasteiger partial charge in [-0.2, -0.15) is 0 Å². The molecule has 100 valence electrons. The van der Waals surface area contributed by atoms with Gasteiger partial charge in [0.25, 0.3) is 5.91 Å². The summed E-state index contributed by atoms with van der Waals surface area (Å²) < 4.78 is 5.16. The molecule has 0 radical (unpaired) electrons. The van der Waals surface area contributed by atoms with Crippen molar-refractivity contribution in [2.75, 3.05) is 11.9 Å². The molecule has 1 heterocycles. The Kier molecular flexibility index (Phi) is 4.61. The maximum Gasteiger partial charge on any atom is 0.251 e. The lowest BCUT2D eigenvalue weighted by atomic mass is 10.2. The molecule has 2 N–H and O–H groups in total. The number of furan rings is 1. The van der Waals surface area contributed by atoms with Gasteiger partial charge in [-0.25, -0.2) is 0 Å². The van der Waals surface area contributed by atoms with E-state index in [2.05, 4.69) is 17.6 Å². The van der Waals surface area contributed by atoms with E-state index in [1.165, 1.54) is 0 Å². The largest absolute Gasteiger partial charge is 0.467 e. The first-order valence-electron chi connectivity index (χ1n) is 6.44. The normalized spacial score (nSPS) is 10.2. The Bertz CT molecular complexity index is 503. The van der Waals surface area contributed by atoms with Crippen molar-refractivity contribution in [3.8, 4) is 0 Å². The van der Waals surface area contributed by atoms with Crippen LogP contribution in [0.25, 0.3) is 0 Å². The summed E-state index contributed by atoms with van der Waals surface area (Å²) in [6.07, 6.45) is 2.67. The molecule has 0 aliphatic rings. The van der Waals surface area contributed by atoms with Gasteiger partial charge in [-0.05, 0) is 42.8 Å². The number of benzene rings is 1. The second-order valence-corrected chi connectivity index (χ2v) is 4.27. The van der Waals surface area contributed by atoms with Crippen LogP contribution in [0, 0.1) is 0 Å². The van der Waals surface area contributed by atoms with E-state index in [4.69, 9.17) is 4.42 Å². The van der Waals surface area contributed by atoms with Crippen LogP contribution >= 0.6 is 0 Å². The van der Waals surface area contributed by atoms with E-state index in [9.17, 15) is 4.79 Å². The highest BCUT2D eigenvalue weighted by Gasteiger charge is 2.05. The van der Waals surface area contributed by atoms with Crippen molar-refractivity contribution < 1.29 is 9.21 Å². The van der Waals surface area contributed by atoms with Crippen LogP contribution < -0.4 is 10.6 Å². The molecule has 0 saturated carbocycles. The lowest BCUT2D eigenvalue weighted by Crippen LogP contribution is -2.22. The summed E-state index contributed by atoms with van der Waals surface area (Å²) in [7, 11) is 0. The molecule has 1 aromatic carbocycles. The Labute approximate surface area is 112 Å². The van der Waals surface area contributed by atoms with Crippen LogP contribution in [0.4, 0.5) is 5.69 Å². The zero-order valence-electron chi connectivity index (χ0n) is 11.0. The van der Waals surface area contributed by atoms with Crippen LogP contribution in [-0.2, 0) is 6.54 Å². The Balaban J connectivity index is 1.88. The van der Waals surface area contributed by atoms with Crippen LogP contribution in [0.3, 0.4) is 0 Å². The Morgan fingerprint density at radius 3 is 2.63 bits per heavy atom. The first-order valence-corrected chi connectivity index (χ1v) is 6.44. The predicted octanol–water partition coefficient (Wildman–Crippen LogP) is 3.03. The van der Waals surface area contributed by atoms with Crippen LogP contribution in [0.1, 0.15) is 29.5 Å². The second kappa shape index (κ2) is 6.64. The minimum Gasteiger partial charge on any atom is -0.467 e. The topological polar surface area (TPSA) is 54.3 Å².